The first kappa shape index (κ1) is 26.0. The number of unbranched alkanes of at least 4 members (excludes halogenated alkanes) is 3. The zero-order valence-electron chi connectivity index (χ0n) is 21.9. The quantitative estimate of drug-likeness (QED) is 0.202. The maximum atomic E-state index is 12.5. The molecule has 190 valence electrons. The Morgan fingerprint density at radius 3 is 1.81 bits per heavy atom. The third-order valence-corrected chi connectivity index (χ3v) is 7.40. The number of carbonyl (C=O) groups is 1. The summed E-state index contributed by atoms with van der Waals surface area (Å²) in [5.74, 6) is 1.59. The molecule has 3 heteroatoms. The van der Waals surface area contributed by atoms with Crippen molar-refractivity contribution in [1.29, 1.82) is 0 Å². The van der Waals surface area contributed by atoms with E-state index in [1.807, 2.05) is 12.1 Å². The fourth-order valence-electron chi connectivity index (χ4n) is 5.03. The lowest BCUT2D eigenvalue weighted by atomic mass is 9.78. The monoisotopic (exact) mass is 484 g/mol. The van der Waals surface area contributed by atoms with Crippen LogP contribution in [0.2, 0.25) is 0 Å². The molecule has 4 rings (SSSR count). The summed E-state index contributed by atoms with van der Waals surface area (Å²) >= 11 is 0. The minimum Gasteiger partial charge on any atom is -0.494 e. The highest BCUT2D eigenvalue weighted by Gasteiger charge is 2.28. The Kier molecular flexibility index (Phi) is 9.61. The van der Waals surface area contributed by atoms with E-state index in [1.54, 1.807) is 0 Å². The summed E-state index contributed by atoms with van der Waals surface area (Å²) in [4.78, 5) is 12.5. The van der Waals surface area contributed by atoms with Gasteiger partial charge in [0, 0.05) is 0 Å². The first-order valence-corrected chi connectivity index (χ1v) is 13.6. The molecule has 0 aliphatic heterocycles. The second kappa shape index (κ2) is 13.3. The molecule has 0 N–H and O–H groups in total. The summed E-state index contributed by atoms with van der Waals surface area (Å²) in [5, 5.41) is 0. The SMILES string of the molecule is Cc1ccc(-c2ccc(OCCCCCCOC(=O)C3CCC(c4ccc(C)cc4)CC3)cc2)cc1. The van der Waals surface area contributed by atoms with Crippen LogP contribution in [-0.2, 0) is 9.53 Å². The zero-order valence-corrected chi connectivity index (χ0v) is 21.9. The van der Waals surface area contributed by atoms with E-state index in [-0.39, 0.29) is 11.9 Å². The average molecular weight is 485 g/mol. The highest BCUT2D eigenvalue weighted by molar-refractivity contribution is 5.72. The van der Waals surface area contributed by atoms with Gasteiger partial charge in [0.2, 0.25) is 0 Å². The first-order valence-electron chi connectivity index (χ1n) is 13.6. The normalized spacial score (nSPS) is 17.5. The molecule has 0 bridgehead atoms. The van der Waals surface area contributed by atoms with Gasteiger partial charge in [-0.1, -0.05) is 71.8 Å². The van der Waals surface area contributed by atoms with Crippen molar-refractivity contribution in [2.24, 2.45) is 5.92 Å². The molecule has 0 spiro atoms. The van der Waals surface area contributed by atoms with Crippen molar-refractivity contribution < 1.29 is 14.3 Å². The van der Waals surface area contributed by atoms with Gasteiger partial charge < -0.3 is 9.47 Å². The predicted molar refractivity (Wildman–Crippen MR) is 147 cm³/mol. The van der Waals surface area contributed by atoms with E-state index < -0.39 is 0 Å². The van der Waals surface area contributed by atoms with E-state index in [9.17, 15) is 4.79 Å². The van der Waals surface area contributed by atoms with Crippen LogP contribution in [0.5, 0.6) is 5.75 Å². The van der Waals surface area contributed by atoms with Gasteiger partial charge >= 0.3 is 5.97 Å². The van der Waals surface area contributed by atoms with Crippen LogP contribution < -0.4 is 4.74 Å². The van der Waals surface area contributed by atoms with Crippen molar-refractivity contribution in [2.75, 3.05) is 13.2 Å². The summed E-state index contributed by atoms with van der Waals surface area (Å²) in [6.07, 6.45) is 8.13. The molecule has 0 unspecified atom stereocenters. The molecule has 1 aliphatic rings. The lowest BCUT2D eigenvalue weighted by molar-refractivity contribution is -0.149. The number of carbonyl (C=O) groups excluding carboxylic acids is 1. The third-order valence-electron chi connectivity index (χ3n) is 7.40. The maximum absolute atomic E-state index is 12.5. The number of ether oxygens (including phenoxy) is 2. The molecule has 0 atom stereocenters. The standard InChI is InChI=1S/C33H40O3/c1-25-7-11-27(12-8-25)29-15-17-31(18-16-29)33(34)36-24-6-4-3-5-23-35-32-21-19-30(20-22-32)28-13-9-26(2)10-14-28/h7-14,19-22,29,31H,3-6,15-18,23-24H2,1-2H3. The van der Waals surface area contributed by atoms with Crippen LogP contribution in [0.3, 0.4) is 0 Å². The van der Waals surface area contributed by atoms with Gasteiger partial charge in [-0.05, 0) is 100.0 Å². The van der Waals surface area contributed by atoms with Crippen molar-refractivity contribution >= 4 is 5.97 Å². The van der Waals surface area contributed by atoms with Gasteiger partial charge in [0.15, 0.2) is 0 Å². The molecule has 3 aromatic carbocycles. The maximum Gasteiger partial charge on any atom is 0.308 e. The van der Waals surface area contributed by atoms with E-state index in [2.05, 4.69) is 74.5 Å². The Hall–Kier alpha value is -3.07. The lowest BCUT2D eigenvalue weighted by Crippen LogP contribution is -2.23. The Balaban J connectivity index is 1.04. The van der Waals surface area contributed by atoms with E-state index >= 15 is 0 Å². The van der Waals surface area contributed by atoms with Gasteiger partial charge in [-0.15, -0.1) is 0 Å². The fourth-order valence-corrected chi connectivity index (χ4v) is 5.03. The Morgan fingerprint density at radius 2 is 1.19 bits per heavy atom. The summed E-state index contributed by atoms with van der Waals surface area (Å²) in [6.45, 7) is 5.48. The Morgan fingerprint density at radius 1 is 0.667 bits per heavy atom. The van der Waals surface area contributed by atoms with Crippen molar-refractivity contribution in [3.63, 3.8) is 0 Å². The molecule has 1 saturated carbocycles. The van der Waals surface area contributed by atoms with E-state index in [4.69, 9.17) is 9.47 Å². The molecule has 3 nitrogen and oxygen atoms in total. The number of esters is 1. The minimum absolute atomic E-state index is 0.00905. The van der Waals surface area contributed by atoms with Crippen molar-refractivity contribution in [3.8, 4) is 16.9 Å². The van der Waals surface area contributed by atoms with Crippen LogP contribution in [-0.4, -0.2) is 19.2 Å². The largest absolute Gasteiger partial charge is 0.494 e. The lowest BCUT2D eigenvalue weighted by Gasteiger charge is -2.27. The smallest absolute Gasteiger partial charge is 0.308 e. The summed E-state index contributed by atoms with van der Waals surface area (Å²) < 4.78 is 11.5. The molecule has 1 aliphatic carbocycles. The van der Waals surface area contributed by atoms with Crippen LogP contribution >= 0.6 is 0 Å². The number of benzene rings is 3. The van der Waals surface area contributed by atoms with Crippen LogP contribution in [0.4, 0.5) is 0 Å². The fraction of sp³-hybridized carbons (Fsp3) is 0.424. The Labute approximate surface area is 216 Å². The summed E-state index contributed by atoms with van der Waals surface area (Å²) in [6, 6.07) is 25.8. The van der Waals surface area contributed by atoms with E-state index in [0.29, 0.717) is 19.1 Å². The second-order valence-electron chi connectivity index (χ2n) is 10.3. The van der Waals surface area contributed by atoms with Gasteiger partial charge in [-0.3, -0.25) is 4.79 Å². The van der Waals surface area contributed by atoms with Gasteiger partial charge in [-0.2, -0.15) is 0 Å². The number of hydrogen-bond acceptors (Lipinski definition) is 3. The number of hydrogen-bond donors (Lipinski definition) is 0. The van der Waals surface area contributed by atoms with Crippen LogP contribution in [0.1, 0.15) is 74.0 Å². The van der Waals surface area contributed by atoms with Crippen LogP contribution in [0, 0.1) is 19.8 Å². The van der Waals surface area contributed by atoms with Crippen molar-refractivity contribution in [1.82, 2.24) is 0 Å². The highest BCUT2D eigenvalue weighted by Crippen LogP contribution is 2.36. The average Bonchev–Trinajstić information content (AvgIpc) is 2.91. The first-order chi connectivity index (χ1) is 17.6. The third kappa shape index (κ3) is 7.71. The molecule has 1 fully saturated rings. The van der Waals surface area contributed by atoms with Gasteiger partial charge in [0.05, 0.1) is 19.1 Å². The van der Waals surface area contributed by atoms with Crippen molar-refractivity contribution in [3.05, 3.63) is 89.5 Å². The zero-order chi connectivity index (χ0) is 25.2. The summed E-state index contributed by atoms with van der Waals surface area (Å²) in [5.41, 5.74) is 6.41. The van der Waals surface area contributed by atoms with Crippen LogP contribution in [0.25, 0.3) is 11.1 Å². The second-order valence-corrected chi connectivity index (χ2v) is 10.3. The molecule has 0 heterocycles. The molecule has 36 heavy (non-hydrogen) atoms. The predicted octanol–water partition coefficient (Wildman–Crippen LogP) is 8.43. The molecule has 0 amide bonds. The van der Waals surface area contributed by atoms with Crippen LogP contribution in [0.15, 0.2) is 72.8 Å². The minimum atomic E-state index is 0.00905. The molecule has 0 saturated heterocycles. The van der Waals surface area contributed by atoms with Gasteiger partial charge in [-0.25, -0.2) is 0 Å². The summed E-state index contributed by atoms with van der Waals surface area (Å²) in [7, 11) is 0. The van der Waals surface area contributed by atoms with Gasteiger partial charge in [0.1, 0.15) is 5.75 Å². The molecule has 0 radical (unpaired) electrons. The topological polar surface area (TPSA) is 35.5 Å². The van der Waals surface area contributed by atoms with Gasteiger partial charge in [0.25, 0.3) is 0 Å². The van der Waals surface area contributed by atoms with Crippen molar-refractivity contribution in [2.45, 2.75) is 71.1 Å². The molecule has 0 aromatic heterocycles. The molecule has 3 aromatic rings. The van der Waals surface area contributed by atoms with E-state index in [1.165, 1.54) is 27.8 Å². The van der Waals surface area contributed by atoms with E-state index in [0.717, 1.165) is 57.1 Å². The number of aryl methyl sites for hydroxylation is 2. The molecular formula is C33H40O3. The highest BCUT2D eigenvalue weighted by atomic mass is 16.5. The molecular weight excluding hydrogens is 444 g/mol. The Bertz CT molecular complexity index is 1060. The number of rotatable bonds is 11.